The van der Waals surface area contributed by atoms with E-state index in [0.717, 1.165) is 77.2 Å². The third-order valence-corrected chi connectivity index (χ3v) is 9.48. The molecule has 0 unspecified atom stereocenters. The Morgan fingerprint density at radius 2 is 0.696 bits per heavy atom. The van der Waals surface area contributed by atoms with Gasteiger partial charge in [-0.15, -0.1) is 0 Å². The highest BCUT2D eigenvalue weighted by molar-refractivity contribution is 6.03. The van der Waals surface area contributed by atoms with Crippen LogP contribution in [0.15, 0.2) is 146 Å². The van der Waals surface area contributed by atoms with Gasteiger partial charge in [-0.3, -0.25) is 0 Å². The SMILES string of the molecule is OC1(C#Cc2cccc3cc4c(C#CC5(O)c6ccccc6-c6ccccc65)cccc4cc23)c2ccccc2-c2ccccc21. The van der Waals surface area contributed by atoms with Crippen molar-refractivity contribution >= 4 is 21.5 Å². The van der Waals surface area contributed by atoms with E-state index in [2.05, 4.69) is 47.9 Å². The predicted molar refractivity (Wildman–Crippen MR) is 185 cm³/mol. The maximum Gasteiger partial charge on any atom is 0.178 e. The van der Waals surface area contributed by atoms with Crippen molar-refractivity contribution in [2.75, 3.05) is 0 Å². The van der Waals surface area contributed by atoms with Gasteiger partial charge in [0.15, 0.2) is 11.2 Å². The summed E-state index contributed by atoms with van der Waals surface area (Å²) in [4.78, 5) is 0. The van der Waals surface area contributed by atoms with Crippen LogP contribution >= 0.6 is 0 Å². The molecular formula is C44H26O2. The molecular weight excluding hydrogens is 560 g/mol. The largest absolute Gasteiger partial charge is 0.369 e. The molecule has 0 aromatic heterocycles. The maximum atomic E-state index is 12.0. The zero-order valence-corrected chi connectivity index (χ0v) is 24.8. The number of rotatable bonds is 0. The standard InChI is InChI=1S/C44H26O2/c45-43(39-19-5-1-15-33(39)34-16-2-6-20-40(34)43)25-23-29-11-9-13-31-28-38-30(12-10-14-32(38)27-37(29)31)24-26-44(46)41-21-7-3-17-35(41)36-18-4-8-22-42(36)44/h1-22,27-28,45-46H. The average Bonchev–Trinajstić information content (AvgIpc) is 3.52. The van der Waals surface area contributed by atoms with E-state index in [1.165, 1.54) is 0 Å². The summed E-state index contributed by atoms with van der Waals surface area (Å²) in [6.45, 7) is 0. The van der Waals surface area contributed by atoms with E-state index < -0.39 is 11.2 Å². The number of aliphatic hydroxyl groups is 2. The first-order chi connectivity index (χ1) is 22.5. The number of hydrogen-bond acceptors (Lipinski definition) is 2. The van der Waals surface area contributed by atoms with Gasteiger partial charge in [0.2, 0.25) is 0 Å². The van der Waals surface area contributed by atoms with Crippen LogP contribution in [0, 0.1) is 23.7 Å². The van der Waals surface area contributed by atoms with Crippen molar-refractivity contribution in [1.29, 1.82) is 0 Å². The van der Waals surface area contributed by atoms with Crippen LogP contribution in [0.5, 0.6) is 0 Å². The van der Waals surface area contributed by atoms with Crippen LogP contribution in [0.2, 0.25) is 0 Å². The van der Waals surface area contributed by atoms with E-state index in [9.17, 15) is 10.2 Å². The molecule has 0 fully saturated rings. The van der Waals surface area contributed by atoms with Crippen LogP contribution in [0.4, 0.5) is 0 Å². The molecule has 46 heavy (non-hydrogen) atoms. The second-order valence-electron chi connectivity index (χ2n) is 12.0. The first kappa shape index (κ1) is 26.5. The summed E-state index contributed by atoms with van der Waals surface area (Å²) in [5.41, 5.74) is 6.21. The van der Waals surface area contributed by atoms with Gasteiger partial charge >= 0.3 is 0 Å². The van der Waals surface area contributed by atoms with Gasteiger partial charge in [0.1, 0.15) is 0 Å². The highest BCUT2D eigenvalue weighted by atomic mass is 16.3. The average molecular weight is 587 g/mol. The molecule has 0 aliphatic heterocycles. The fourth-order valence-corrected chi connectivity index (χ4v) is 7.28. The van der Waals surface area contributed by atoms with E-state index in [-0.39, 0.29) is 0 Å². The Bertz CT molecular complexity index is 2260. The molecule has 0 heterocycles. The molecule has 9 rings (SSSR count). The summed E-state index contributed by atoms with van der Waals surface area (Å²) in [6.07, 6.45) is 0. The van der Waals surface area contributed by atoms with Crippen LogP contribution in [0.25, 0.3) is 43.8 Å². The second-order valence-corrected chi connectivity index (χ2v) is 12.0. The quantitative estimate of drug-likeness (QED) is 0.138. The molecule has 0 amide bonds. The van der Waals surface area contributed by atoms with E-state index in [1.54, 1.807) is 0 Å². The number of fused-ring (bicyclic) bond motifs is 8. The third-order valence-electron chi connectivity index (χ3n) is 9.48. The van der Waals surface area contributed by atoms with Crippen molar-refractivity contribution < 1.29 is 10.2 Å². The second kappa shape index (κ2) is 9.80. The fourth-order valence-electron chi connectivity index (χ4n) is 7.28. The van der Waals surface area contributed by atoms with Crippen molar-refractivity contribution in [2.45, 2.75) is 11.2 Å². The highest BCUT2D eigenvalue weighted by Crippen LogP contribution is 2.48. The summed E-state index contributed by atoms with van der Waals surface area (Å²) in [7, 11) is 0. The molecule has 2 aliphatic carbocycles. The zero-order valence-electron chi connectivity index (χ0n) is 24.8. The monoisotopic (exact) mass is 586 g/mol. The number of hydrogen-bond donors (Lipinski definition) is 2. The summed E-state index contributed by atoms with van der Waals surface area (Å²) >= 11 is 0. The lowest BCUT2D eigenvalue weighted by atomic mass is 9.90. The van der Waals surface area contributed by atoms with Crippen molar-refractivity contribution in [2.24, 2.45) is 0 Å². The molecule has 0 bridgehead atoms. The lowest BCUT2D eigenvalue weighted by Gasteiger charge is -2.19. The third kappa shape index (κ3) is 3.76. The Labute approximate surface area is 267 Å². The van der Waals surface area contributed by atoms with E-state index in [0.29, 0.717) is 0 Å². The van der Waals surface area contributed by atoms with Gasteiger partial charge in [-0.25, -0.2) is 0 Å². The molecule has 0 spiro atoms. The summed E-state index contributed by atoms with van der Waals surface area (Å²) < 4.78 is 0. The van der Waals surface area contributed by atoms with E-state index in [1.807, 2.05) is 121 Å². The summed E-state index contributed by atoms with van der Waals surface area (Å²) in [5, 5.41) is 28.1. The minimum Gasteiger partial charge on any atom is -0.369 e. The first-order valence-electron chi connectivity index (χ1n) is 15.4. The van der Waals surface area contributed by atoms with Crippen molar-refractivity contribution in [1.82, 2.24) is 0 Å². The van der Waals surface area contributed by atoms with Crippen LogP contribution in [0.3, 0.4) is 0 Å². The van der Waals surface area contributed by atoms with Gasteiger partial charge in [-0.1, -0.05) is 145 Å². The van der Waals surface area contributed by atoms with Crippen LogP contribution in [-0.4, -0.2) is 10.2 Å². The van der Waals surface area contributed by atoms with Crippen molar-refractivity contribution in [3.05, 3.63) is 179 Å². The molecule has 0 atom stereocenters. The van der Waals surface area contributed by atoms with Crippen LogP contribution in [0.1, 0.15) is 33.4 Å². The topological polar surface area (TPSA) is 40.5 Å². The van der Waals surface area contributed by atoms with Crippen molar-refractivity contribution in [3.8, 4) is 45.9 Å². The Hall–Kier alpha value is -5.90. The molecule has 7 aromatic carbocycles. The molecule has 2 N–H and O–H groups in total. The molecule has 2 heteroatoms. The van der Waals surface area contributed by atoms with Crippen molar-refractivity contribution in [3.63, 3.8) is 0 Å². The van der Waals surface area contributed by atoms with Gasteiger partial charge in [0, 0.05) is 33.4 Å². The maximum absolute atomic E-state index is 12.0. The van der Waals surface area contributed by atoms with Gasteiger partial charge in [0.25, 0.3) is 0 Å². The lowest BCUT2D eigenvalue weighted by Crippen LogP contribution is -2.22. The summed E-state index contributed by atoms with van der Waals surface area (Å²) in [5.74, 6) is 13.2. The number of benzene rings is 7. The molecule has 0 saturated carbocycles. The van der Waals surface area contributed by atoms with E-state index >= 15 is 0 Å². The van der Waals surface area contributed by atoms with Crippen LogP contribution < -0.4 is 0 Å². The van der Waals surface area contributed by atoms with Gasteiger partial charge in [0.05, 0.1) is 0 Å². The molecule has 0 saturated heterocycles. The Kier molecular flexibility index (Phi) is 5.65. The summed E-state index contributed by atoms with van der Waals surface area (Å²) in [6, 6.07) is 48.3. The van der Waals surface area contributed by atoms with Gasteiger partial charge in [-0.05, 0) is 68.1 Å². The fraction of sp³-hybridized carbons (Fsp3) is 0.0455. The zero-order chi connectivity index (χ0) is 30.9. The Morgan fingerprint density at radius 1 is 0.370 bits per heavy atom. The van der Waals surface area contributed by atoms with Crippen LogP contribution in [-0.2, 0) is 11.2 Å². The Morgan fingerprint density at radius 3 is 1.04 bits per heavy atom. The van der Waals surface area contributed by atoms with Gasteiger partial charge < -0.3 is 10.2 Å². The first-order valence-corrected chi connectivity index (χ1v) is 15.4. The molecule has 214 valence electrons. The molecule has 2 nitrogen and oxygen atoms in total. The Balaban J connectivity index is 1.16. The van der Waals surface area contributed by atoms with E-state index in [4.69, 9.17) is 0 Å². The molecule has 0 radical (unpaired) electrons. The predicted octanol–water partition coefficient (Wildman–Crippen LogP) is 8.53. The highest BCUT2D eigenvalue weighted by Gasteiger charge is 2.41. The lowest BCUT2D eigenvalue weighted by molar-refractivity contribution is 0.150. The van der Waals surface area contributed by atoms with Gasteiger partial charge in [-0.2, -0.15) is 0 Å². The minimum atomic E-state index is -1.40. The minimum absolute atomic E-state index is 0.812. The smallest absolute Gasteiger partial charge is 0.178 e. The molecule has 2 aliphatic rings. The molecule has 7 aromatic rings. The normalized spacial score (nSPS) is 14.3.